The number of halogens is 2. The predicted molar refractivity (Wildman–Crippen MR) is 86.9 cm³/mol. The second-order valence-electron chi connectivity index (χ2n) is 4.83. The molecule has 8 nitrogen and oxygen atoms in total. The number of rotatable bonds is 0. The fraction of sp³-hybridized carbons (Fsp3) is 1.00. The first-order valence-corrected chi connectivity index (χ1v) is 6.67. The van der Waals surface area contributed by atoms with E-state index in [0.29, 0.717) is 12.1 Å². The zero-order valence-electron chi connectivity index (χ0n) is 14.0. The number of hydrogen-bond acceptors (Lipinski definition) is 4. The van der Waals surface area contributed by atoms with Gasteiger partial charge in [0, 0.05) is 25.2 Å². The van der Waals surface area contributed by atoms with E-state index in [1.165, 1.54) is 12.8 Å². The number of hydrogen-bond donors (Lipinski definition) is 4. The minimum atomic E-state index is 0. The second-order valence-corrected chi connectivity index (χ2v) is 4.83. The molecule has 0 aliphatic carbocycles. The fourth-order valence-electron chi connectivity index (χ4n) is 1.91. The molecule has 1 fully saturated rings. The molecule has 1 heterocycles. The van der Waals surface area contributed by atoms with E-state index in [-0.39, 0.29) is 63.2 Å². The largest absolute Gasteiger partial charge is 2.00 e. The molecule has 0 aromatic heterocycles. The first kappa shape index (κ1) is 43.8. The Morgan fingerprint density at radius 1 is 0.652 bits per heavy atom. The molecule has 1 aliphatic heterocycles. The van der Waals surface area contributed by atoms with Gasteiger partial charge in [0.1, 0.15) is 0 Å². The Kier molecular flexibility index (Phi) is 58.3. The van der Waals surface area contributed by atoms with E-state index in [4.69, 9.17) is 0 Å². The third-order valence-electron chi connectivity index (χ3n) is 2.95. The maximum Gasteiger partial charge on any atom is 2.00 e. The summed E-state index contributed by atoms with van der Waals surface area (Å²) in [7, 11) is 0. The van der Waals surface area contributed by atoms with E-state index in [1.54, 1.807) is 0 Å². The first-order valence-electron chi connectivity index (χ1n) is 6.67. The Bertz CT molecular complexity index is 159. The Morgan fingerprint density at radius 3 is 1.26 bits per heavy atom. The summed E-state index contributed by atoms with van der Waals surface area (Å²) in [4.78, 5) is 0. The van der Waals surface area contributed by atoms with Gasteiger partial charge in [-0.05, 0) is 52.9 Å². The summed E-state index contributed by atoms with van der Waals surface area (Å²) in [5.41, 5.74) is 0. The van der Waals surface area contributed by atoms with Crippen LogP contribution in [0.15, 0.2) is 0 Å². The van der Waals surface area contributed by atoms with E-state index in [9.17, 15) is 0 Å². The van der Waals surface area contributed by atoms with Crippen LogP contribution in [0, 0.1) is 0 Å². The van der Waals surface area contributed by atoms with Crippen molar-refractivity contribution in [1.29, 1.82) is 0 Å². The molecule has 23 heavy (non-hydrogen) atoms. The summed E-state index contributed by atoms with van der Waals surface area (Å²) in [6.45, 7) is 11.1. The van der Waals surface area contributed by atoms with Crippen LogP contribution in [-0.4, -0.2) is 62.3 Å². The van der Waals surface area contributed by atoms with Crippen molar-refractivity contribution < 1.29 is 63.2 Å². The third-order valence-corrected chi connectivity index (χ3v) is 2.95. The molecule has 14 N–H and O–H groups in total. The summed E-state index contributed by atoms with van der Waals surface area (Å²) >= 11 is 0. The topological polar surface area (TPSA) is 177 Å². The van der Waals surface area contributed by atoms with Crippen molar-refractivity contribution in [3.05, 3.63) is 0 Å². The Balaban J connectivity index is -0.0000000731. The molecule has 1 aliphatic rings. The molecule has 0 aromatic carbocycles. The van der Waals surface area contributed by atoms with Crippen molar-refractivity contribution in [3.63, 3.8) is 0 Å². The van der Waals surface area contributed by atoms with Crippen LogP contribution in [0.2, 0.25) is 0 Å². The molecule has 1 rings (SSSR count). The second kappa shape index (κ2) is 30.6. The number of nitrogens with one attached hydrogen (secondary N) is 4. The summed E-state index contributed by atoms with van der Waals surface area (Å²) < 4.78 is 0. The quantitative estimate of drug-likeness (QED) is 0.220. The maximum absolute atomic E-state index is 3.53. The first-order chi connectivity index (χ1) is 7.79. The molecule has 2 atom stereocenters. The van der Waals surface area contributed by atoms with Crippen molar-refractivity contribution in [2.75, 3.05) is 39.3 Å². The van der Waals surface area contributed by atoms with Crippen molar-refractivity contribution in [1.82, 2.24) is 21.3 Å². The minimum absolute atomic E-state index is 0. The molecule has 0 saturated carbocycles. The van der Waals surface area contributed by atoms with Gasteiger partial charge in [0.2, 0.25) is 0 Å². The van der Waals surface area contributed by atoms with Gasteiger partial charge in [-0.25, -0.2) is 0 Å². The molecule has 0 radical (unpaired) electrons. The standard InChI is InChI=1S/C12H28N4.2ClH.Ni.4H2O/c1-11-9-13-5-4-8-16-12(2)10-14-6-3-7-15-11;;;;;;;/h11-16H,3-10H2,1-2H3;2*1H;;4*1H2/q;;;+2;;;;/t11-,12-;;;;;;;/m0......./s1. The van der Waals surface area contributed by atoms with Crippen LogP contribution in [-0.2, 0) is 27.4 Å². The van der Waals surface area contributed by atoms with E-state index in [0.717, 1.165) is 39.3 Å². The van der Waals surface area contributed by atoms with Crippen LogP contribution in [0.1, 0.15) is 26.7 Å². The summed E-state index contributed by atoms with van der Waals surface area (Å²) in [5.74, 6) is 0. The van der Waals surface area contributed by atoms with Crippen molar-refractivity contribution in [2.45, 2.75) is 38.8 Å². The van der Waals surface area contributed by atoms with Crippen molar-refractivity contribution in [2.24, 2.45) is 0 Å². The van der Waals surface area contributed by atoms with Gasteiger partial charge in [-0.2, -0.15) is 0 Å². The van der Waals surface area contributed by atoms with Gasteiger partial charge in [0.25, 0.3) is 0 Å². The van der Waals surface area contributed by atoms with Crippen LogP contribution in [0.4, 0.5) is 0 Å². The summed E-state index contributed by atoms with van der Waals surface area (Å²) in [5, 5.41) is 14.0. The Labute approximate surface area is 162 Å². The van der Waals surface area contributed by atoms with Gasteiger partial charge >= 0.3 is 16.5 Å². The molecular formula is C12H38Cl2N4NiO4+2. The zero-order valence-corrected chi connectivity index (χ0v) is 16.5. The van der Waals surface area contributed by atoms with Gasteiger partial charge in [0.05, 0.1) is 0 Å². The molecule has 0 bridgehead atoms. The normalized spacial score (nSPS) is 22.2. The Hall–Kier alpha value is 0.754. The average Bonchev–Trinajstić information content (AvgIpc) is 2.27. The molecular weight excluding hydrogens is 394 g/mol. The molecule has 0 aromatic rings. The van der Waals surface area contributed by atoms with Gasteiger partial charge in [-0.15, -0.1) is 0 Å². The molecule has 152 valence electrons. The minimum Gasteiger partial charge on any atom is -1.00 e. The average molecular weight is 432 g/mol. The van der Waals surface area contributed by atoms with Crippen LogP contribution < -0.4 is 46.1 Å². The third kappa shape index (κ3) is 27.9. The van der Waals surface area contributed by atoms with Crippen LogP contribution >= 0.6 is 0 Å². The van der Waals surface area contributed by atoms with Crippen LogP contribution in [0.3, 0.4) is 0 Å². The molecule has 11 heteroatoms. The molecule has 0 spiro atoms. The molecule has 0 amide bonds. The van der Waals surface area contributed by atoms with E-state index < -0.39 is 0 Å². The van der Waals surface area contributed by atoms with Gasteiger partial charge in [-0.3, -0.25) is 0 Å². The van der Waals surface area contributed by atoms with Crippen molar-refractivity contribution in [3.8, 4) is 0 Å². The summed E-state index contributed by atoms with van der Waals surface area (Å²) in [6.07, 6.45) is 2.41. The SMILES string of the molecule is C[C@H]1CNCCCN[C@@H](C)CNCCCN1.O.O.[Cl-].[Cl-].[Ni+2].[OH3+].[OH3+]. The summed E-state index contributed by atoms with van der Waals surface area (Å²) in [6, 6.07) is 1.16. The van der Waals surface area contributed by atoms with Crippen molar-refractivity contribution >= 4 is 0 Å². The van der Waals surface area contributed by atoms with Crippen LogP contribution in [0.5, 0.6) is 0 Å². The van der Waals surface area contributed by atoms with E-state index >= 15 is 0 Å². The molecule has 0 unspecified atom stereocenters. The van der Waals surface area contributed by atoms with E-state index in [2.05, 4.69) is 35.1 Å². The van der Waals surface area contributed by atoms with E-state index in [1.807, 2.05) is 0 Å². The fourth-order valence-corrected chi connectivity index (χ4v) is 1.91. The van der Waals surface area contributed by atoms with Gasteiger partial charge in [-0.1, -0.05) is 0 Å². The van der Waals surface area contributed by atoms with Gasteiger partial charge in [0.15, 0.2) is 0 Å². The van der Waals surface area contributed by atoms with Crippen LogP contribution in [0.25, 0.3) is 0 Å². The predicted octanol–water partition coefficient (Wildman–Crippen LogP) is -9.57. The zero-order chi connectivity index (χ0) is 11.6. The Morgan fingerprint density at radius 2 is 0.957 bits per heavy atom. The molecule has 1 saturated heterocycles. The van der Waals surface area contributed by atoms with Gasteiger partial charge < -0.3 is 68.0 Å². The monoisotopic (exact) mass is 430 g/mol. The maximum atomic E-state index is 3.53. The smallest absolute Gasteiger partial charge is 1.00 e.